The van der Waals surface area contributed by atoms with Gasteiger partial charge in [-0.2, -0.15) is 0 Å². The molecule has 1 aliphatic heterocycles. The zero-order valence-electron chi connectivity index (χ0n) is 12.3. The standard InChI is InChI=1S/C18H12O5/c1-10(19)22-12-6-7-14-15(8-12)23-17-13-5-3-2-4-11(13)9-21-18(17)16(14)20/h2-8H,9H2,1H3. The van der Waals surface area contributed by atoms with Crippen LogP contribution in [-0.2, 0) is 11.4 Å². The maximum Gasteiger partial charge on any atom is 0.308 e. The molecule has 0 saturated heterocycles. The lowest BCUT2D eigenvalue weighted by Gasteiger charge is -2.19. The van der Waals surface area contributed by atoms with E-state index in [2.05, 4.69) is 0 Å². The molecule has 0 saturated carbocycles. The molecular weight excluding hydrogens is 296 g/mol. The molecule has 2 heterocycles. The Hall–Kier alpha value is -3.08. The summed E-state index contributed by atoms with van der Waals surface area (Å²) in [6, 6.07) is 12.3. The van der Waals surface area contributed by atoms with E-state index in [0.717, 1.165) is 11.1 Å². The number of hydrogen-bond acceptors (Lipinski definition) is 5. The summed E-state index contributed by atoms with van der Waals surface area (Å²) in [5, 5.41) is 0.388. The predicted octanol–water partition coefficient (Wildman–Crippen LogP) is 3.28. The lowest BCUT2D eigenvalue weighted by atomic mass is 10.0. The van der Waals surface area contributed by atoms with E-state index < -0.39 is 5.97 Å². The number of fused-ring (bicyclic) bond motifs is 4. The number of benzene rings is 2. The highest BCUT2D eigenvalue weighted by Crippen LogP contribution is 2.37. The van der Waals surface area contributed by atoms with Crippen molar-refractivity contribution >= 4 is 16.9 Å². The van der Waals surface area contributed by atoms with Crippen LogP contribution < -0.4 is 14.9 Å². The average Bonchev–Trinajstić information content (AvgIpc) is 2.54. The van der Waals surface area contributed by atoms with Crippen LogP contribution in [0, 0.1) is 0 Å². The molecule has 0 atom stereocenters. The molecule has 0 bridgehead atoms. The molecule has 0 N–H and O–H groups in total. The van der Waals surface area contributed by atoms with Crippen molar-refractivity contribution in [2.75, 3.05) is 0 Å². The molecule has 2 aromatic carbocycles. The molecule has 0 amide bonds. The van der Waals surface area contributed by atoms with Crippen molar-refractivity contribution in [3.63, 3.8) is 0 Å². The fourth-order valence-corrected chi connectivity index (χ4v) is 2.71. The van der Waals surface area contributed by atoms with Crippen LogP contribution in [-0.4, -0.2) is 5.97 Å². The van der Waals surface area contributed by atoms with Crippen molar-refractivity contribution in [2.45, 2.75) is 13.5 Å². The minimum absolute atomic E-state index is 0.219. The van der Waals surface area contributed by atoms with Crippen molar-refractivity contribution in [2.24, 2.45) is 0 Å². The number of carbonyl (C=O) groups is 1. The highest BCUT2D eigenvalue weighted by Gasteiger charge is 2.24. The fraction of sp³-hybridized carbons (Fsp3) is 0.111. The summed E-state index contributed by atoms with van der Waals surface area (Å²) < 4.78 is 16.5. The van der Waals surface area contributed by atoms with Crippen molar-refractivity contribution < 1.29 is 18.7 Å². The summed E-state index contributed by atoms with van der Waals surface area (Å²) in [5.74, 6) is 0.525. The molecule has 0 fully saturated rings. The van der Waals surface area contributed by atoms with Gasteiger partial charge in [-0.1, -0.05) is 24.3 Å². The van der Waals surface area contributed by atoms with Gasteiger partial charge in [-0.3, -0.25) is 9.59 Å². The van der Waals surface area contributed by atoms with Crippen LogP contribution >= 0.6 is 0 Å². The first-order valence-corrected chi connectivity index (χ1v) is 7.14. The lowest BCUT2D eigenvalue weighted by Crippen LogP contribution is -2.14. The summed E-state index contributed by atoms with van der Waals surface area (Å²) in [6.45, 7) is 1.66. The van der Waals surface area contributed by atoms with Gasteiger partial charge in [0.15, 0.2) is 5.76 Å². The van der Waals surface area contributed by atoms with Gasteiger partial charge in [-0.05, 0) is 12.1 Å². The minimum Gasteiger partial charge on any atom is -0.481 e. The van der Waals surface area contributed by atoms with Gasteiger partial charge < -0.3 is 13.9 Å². The first-order valence-electron chi connectivity index (χ1n) is 7.14. The summed E-state index contributed by atoms with van der Waals surface area (Å²) in [6.07, 6.45) is 0. The molecule has 1 aromatic heterocycles. The van der Waals surface area contributed by atoms with Crippen molar-refractivity contribution in [1.82, 2.24) is 0 Å². The largest absolute Gasteiger partial charge is 0.481 e. The van der Waals surface area contributed by atoms with Crippen LogP contribution in [0.3, 0.4) is 0 Å². The van der Waals surface area contributed by atoms with Crippen LogP contribution in [0.1, 0.15) is 12.5 Å². The van der Waals surface area contributed by atoms with Gasteiger partial charge in [-0.25, -0.2) is 0 Å². The molecule has 1 aliphatic rings. The highest BCUT2D eigenvalue weighted by molar-refractivity contribution is 5.84. The van der Waals surface area contributed by atoms with E-state index in [-0.39, 0.29) is 11.2 Å². The number of ether oxygens (including phenoxy) is 2. The maximum absolute atomic E-state index is 12.6. The van der Waals surface area contributed by atoms with Gasteiger partial charge in [-0.15, -0.1) is 0 Å². The molecule has 3 aromatic rings. The Bertz CT molecular complexity index is 1000. The van der Waals surface area contributed by atoms with Crippen molar-refractivity contribution in [3.8, 4) is 22.8 Å². The van der Waals surface area contributed by atoms with E-state index in [4.69, 9.17) is 13.9 Å². The second-order valence-electron chi connectivity index (χ2n) is 5.29. The Labute approximate surface area is 131 Å². The van der Waals surface area contributed by atoms with Gasteiger partial charge in [0.1, 0.15) is 17.9 Å². The first-order chi connectivity index (χ1) is 11.1. The smallest absolute Gasteiger partial charge is 0.308 e. The third-order valence-electron chi connectivity index (χ3n) is 3.72. The Balaban J connectivity index is 1.98. The molecule has 4 rings (SSSR count). The van der Waals surface area contributed by atoms with Gasteiger partial charge >= 0.3 is 5.97 Å². The Morgan fingerprint density at radius 2 is 2.00 bits per heavy atom. The third kappa shape index (κ3) is 2.17. The second-order valence-corrected chi connectivity index (χ2v) is 5.29. The Kier molecular flexibility index (Phi) is 2.94. The normalized spacial score (nSPS) is 12.2. The fourth-order valence-electron chi connectivity index (χ4n) is 2.71. The molecule has 114 valence electrons. The van der Waals surface area contributed by atoms with Crippen molar-refractivity contribution in [3.05, 3.63) is 58.3 Å². The van der Waals surface area contributed by atoms with E-state index >= 15 is 0 Å². The van der Waals surface area contributed by atoms with E-state index in [1.807, 2.05) is 24.3 Å². The Morgan fingerprint density at radius 1 is 1.17 bits per heavy atom. The van der Waals surface area contributed by atoms with Crippen molar-refractivity contribution in [1.29, 1.82) is 0 Å². The monoisotopic (exact) mass is 308 g/mol. The molecule has 0 aliphatic carbocycles. The summed E-state index contributed by atoms with van der Waals surface area (Å²) in [4.78, 5) is 23.7. The number of rotatable bonds is 1. The molecule has 5 heteroatoms. The van der Waals surface area contributed by atoms with E-state index in [1.54, 1.807) is 12.1 Å². The van der Waals surface area contributed by atoms with Crippen LogP contribution in [0.15, 0.2) is 51.7 Å². The molecule has 0 unspecified atom stereocenters. The molecule has 0 radical (unpaired) electrons. The SMILES string of the molecule is CC(=O)Oc1ccc2c(=O)c3c(oc2c1)-c1ccccc1CO3. The van der Waals surface area contributed by atoms with Crippen LogP contribution in [0.2, 0.25) is 0 Å². The topological polar surface area (TPSA) is 65.7 Å². The highest BCUT2D eigenvalue weighted by atomic mass is 16.5. The van der Waals surface area contributed by atoms with Gasteiger partial charge in [0, 0.05) is 24.1 Å². The zero-order valence-corrected chi connectivity index (χ0v) is 12.3. The van der Waals surface area contributed by atoms with Gasteiger partial charge in [0.25, 0.3) is 0 Å². The summed E-state index contributed by atoms with van der Waals surface area (Å²) in [5.41, 5.74) is 1.92. The molecule has 23 heavy (non-hydrogen) atoms. The van der Waals surface area contributed by atoms with Crippen LogP contribution in [0.5, 0.6) is 11.5 Å². The summed E-state index contributed by atoms with van der Waals surface area (Å²) >= 11 is 0. The van der Waals surface area contributed by atoms with E-state index in [1.165, 1.54) is 13.0 Å². The first kappa shape index (κ1) is 13.6. The maximum atomic E-state index is 12.6. The van der Waals surface area contributed by atoms with Gasteiger partial charge in [0.2, 0.25) is 11.2 Å². The minimum atomic E-state index is -0.432. The predicted molar refractivity (Wildman–Crippen MR) is 83.6 cm³/mol. The molecular formula is C18H12O5. The number of hydrogen-bond donors (Lipinski definition) is 0. The zero-order chi connectivity index (χ0) is 16.0. The molecule has 5 nitrogen and oxygen atoms in total. The Morgan fingerprint density at radius 3 is 2.83 bits per heavy atom. The summed E-state index contributed by atoms with van der Waals surface area (Å²) in [7, 11) is 0. The quantitative estimate of drug-likeness (QED) is 0.510. The average molecular weight is 308 g/mol. The number of esters is 1. The van der Waals surface area contributed by atoms with Crippen LogP contribution in [0.4, 0.5) is 0 Å². The second kappa shape index (κ2) is 4.98. The lowest BCUT2D eigenvalue weighted by molar-refractivity contribution is -0.131. The van der Waals surface area contributed by atoms with Crippen LogP contribution in [0.25, 0.3) is 22.3 Å². The molecule has 0 spiro atoms. The third-order valence-corrected chi connectivity index (χ3v) is 3.72. The van der Waals surface area contributed by atoms with Gasteiger partial charge in [0.05, 0.1) is 5.39 Å². The number of carbonyl (C=O) groups excluding carboxylic acids is 1. The van der Waals surface area contributed by atoms with E-state index in [0.29, 0.717) is 29.1 Å². The van der Waals surface area contributed by atoms with E-state index in [9.17, 15) is 9.59 Å².